The average Bonchev–Trinajstić information content (AvgIpc) is 2.53. The number of thioether (sulfide) groups is 1. The molecule has 130 valence electrons. The summed E-state index contributed by atoms with van der Waals surface area (Å²) in [5, 5.41) is 11.0. The third-order valence-corrected chi connectivity index (χ3v) is 5.81. The SMILES string of the molecule is COC(=O)C1C(O)=CC(=O)CC1C(C)(C)CSc1ccc(C)cn1. The first-order valence-electron chi connectivity index (χ1n) is 7.81. The van der Waals surface area contributed by atoms with Crippen LogP contribution in [0.25, 0.3) is 0 Å². The Labute approximate surface area is 146 Å². The molecule has 0 bridgehead atoms. The van der Waals surface area contributed by atoms with Crippen LogP contribution in [0.3, 0.4) is 0 Å². The zero-order valence-corrected chi connectivity index (χ0v) is 15.2. The number of pyridine rings is 1. The molecule has 0 saturated carbocycles. The highest BCUT2D eigenvalue weighted by molar-refractivity contribution is 7.99. The molecule has 0 aromatic carbocycles. The normalized spacial score (nSPS) is 21.3. The summed E-state index contributed by atoms with van der Waals surface area (Å²) in [4.78, 5) is 28.4. The summed E-state index contributed by atoms with van der Waals surface area (Å²) in [5.74, 6) is -1.32. The number of methoxy groups -OCH3 is 1. The Bertz CT molecular complexity index is 651. The lowest BCUT2D eigenvalue weighted by molar-refractivity contribution is -0.149. The monoisotopic (exact) mass is 349 g/mol. The minimum absolute atomic E-state index is 0.163. The zero-order chi connectivity index (χ0) is 17.9. The Morgan fingerprint density at radius 3 is 2.75 bits per heavy atom. The van der Waals surface area contributed by atoms with E-state index in [0.29, 0.717) is 5.75 Å². The Morgan fingerprint density at radius 2 is 2.17 bits per heavy atom. The van der Waals surface area contributed by atoms with Crippen LogP contribution >= 0.6 is 11.8 Å². The van der Waals surface area contributed by atoms with Crippen molar-refractivity contribution < 1.29 is 19.4 Å². The van der Waals surface area contributed by atoms with Crippen molar-refractivity contribution in [3.05, 3.63) is 35.7 Å². The third-order valence-electron chi connectivity index (χ3n) is 4.39. The number of aliphatic hydroxyl groups is 1. The van der Waals surface area contributed by atoms with Crippen LogP contribution in [0.1, 0.15) is 25.8 Å². The maximum atomic E-state index is 12.1. The van der Waals surface area contributed by atoms with E-state index in [-0.39, 0.29) is 29.3 Å². The summed E-state index contributed by atoms with van der Waals surface area (Å²) < 4.78 is 4.83. The molecule has 0 saturated heterocycles. The highest BCUT2D eigenvalue weighted by atomic mass is 32.2. The number of carbonyl (C=O) groups is 2. The van der Waals surface area contributed by atoms with E-state index in [1.165, 1.54) is 7.11 Å². The molecule has 2 unspecified atom stereocenters. The summed E-state index contributed by atoms with van der Waals surface area (Å²) in [6, 6.07) is 3.95. The predicted octanol–water partition coefficient (Wildman–Crippen LogP) is 3.33. The number of rotatable bonds is 5. The minimum atomic E-state index is -0.797. The van der Waals surface area contributed by atoms with E-state index in [2.05, 4.69) is 4.98 Å². The van der Waals surface area contributed by atoms with Gasteiger partial charge in [-0.25, -0.2) is 4.98 Å². The van der Waals surface area contributed by atoms with Gasteiger partial charge in [-0.1, -0.05) is 19.9 Å². The van der Waals surface area contributed by atoms with Crippen molar-refractivity contribution in [2.75, 3.05) is 12.9 Å². The van der Waals surface area contributed by atoms with Gasteiger partial charge in [0.2, 0.25) is 0 Å². The molecule has 6 heteroatoms. The first-order chi connectivity index (χ1) is 11.2. The van der Waals surface area contributed by atoms with E-state index < -0.39 is 11.9 Å². The summed E-state index contributed by atoms with van der Waals surface area (Å²) in [6.07, 6.45) is 3.17. The van der Waals surface area contributed by atoms with E-state index in [0.717, 1.165) is 16.7 Å². The number of ether oxygens (including phenoxy) is 1. The zero-order valence-electron chi connectivity index (χ0n) is 14.4. The van der Waals surface area contributed by atoms with Crippen molar-refractivity contribution in [2.45, 2.75) is 32.2 Å². The van der Waals surface area contributed by atoms with Gasteiger partial charge in [0.25, 0.3) is 0 Å². The molecule has 0 fully saturated rings. The van der Waals surface area contributed by atoms with Crippen molar-refractivity contribution in [2.24, 2.45) is 17.3 Å². The van der Waals surface area contributed by atoms with Gasteiger partial charge in [-0.15, -0.1) is 11.8 Å². The second-order valence-electron chi connectivity index (χ2n) is 6.80. The topological polar surface area (TPSA) is 76.5 Å². The quantitative estimate of drug-likeness (QED) is 0.649. The third kappa shape index (κ3) is 4.17. The molecule has 1 aromatic rings. The standard InChI is InChI=1S/C18H23NO4S/c1-11-5-6-15(19-9-11)24-10-18(2,3)13-7-12(20)8-14(21)16(13)17(22)23-4/h5-6,8-9,13,16,21H,7,10H2,1-4H3. The van der Waals surface area contributed by atoms with Crippen molar-refractivity contribution in [1.29, 1.82) is 0 Å². The van der Waals surface area contributed by atoms with Crippen LogP contribution in [-0.2, 0) is 14.3 Å². The van der Waals surface area contributed by atoms with E-state index >= 15 is 0 Å². The van der Waals surface area contributed by atoms with Gasteiger partial charge >= 0.3 is 5.97 Å². The van der Waals surface area contributed by atoms with Crippen LogP contribution in [0, 0.1) is 24.2 Å². The fraction of sp³-hybridized carbons (Fsp3) is 0.500. The van der Waals surface area contributed by atoms with Gasteiger partial charge in [0.05, 0.1) is 12.1 Å². The molecule has 2 rings (SSSR count). The number of nitrogens with zero attached hydrogens (tertiary/aromatic N) is 1. The second-order valence-corrected chi connectivity index (χ2v) is 7.79. The molecular weight excluding hydrogens is 326 g/mol. The van der Waals surface area contributed by atoms with Gasteiger partial charge in [0, 0.05) is 24.4 Å². The highest BCUT2D eigenvalue weighted by Gasteiger charge is 2.45. The Morgan fingerprint density at radius 1 is 1.46 bits per heavy atom. The molecule has 0 aliphatic heterocycles. The van der Waals surface area contributed by atoms with Gasteiger partial charge in [-0.3, -0.25) is 9.59 Å². The van der Waals surface area contributed by atoms with Crippen molar-refractivity contribution in [1.82, 2.24) is 4.98 Å². The first-order valence-corrected chi connectivity index (χ1v) is 8.80. The van der Waals surface area contributed by atoms with Crippen LogP contribution in [-0.4, -0.2) is 34.7 Å². The molecule has 5 nitrogen and oxygen atoms in total. The molecule has 0 amide bonds. The molecule has 1 aromatic heterocycles. The molecular formula is C18H23NO4S. The highest BCUT2D eigenvalue weighted by Crippen LogP contribution is 2.44. The van der Waals surface area contributed by atoms with Crippen molar-refractivity contribution in [3.63, 3.8) is 0 Å². The van der Waals surface area contributed by atoms with Crippen LogP contribution in [0.4, 0.5) is 0 Å². The number of allylic oxidation sites excluding steroid dienone is 1. The molecule has 1 aliphatic rings. The summed E-state index contributed by atoms with van der Waals surface area (Å²) in [5.41, 5.74) is 0.728. The van der Waals surface area contributed by atoms with Gasteiger partial charge in [0.1, 0.15) is 11.7 Å². The smallest absolute Gasteiger partial charge is 0.316 e. The Kier molecular flexibility index (Phi) is 5.70. The molecule has 1 N–H and O–H groups in total. The molecule has 0 spiro atoms. The number of esters is 1. The van der Waals surface area contributed by atoms with Gasteiger partial charge in [0.15, 0.2) is 5.78 Å². The van der Waals surface area contributed by atoms with E-state index in [9.17, 15) is 14.7 Å². The fourth-order valence-corrected chi connectivity index (χ4v) is 3.93. The largest absolute Gasteiger partial charge is 0.511 e. The molecule has 1 heterocycles. The number of aliphatic hydroxyl groups excluding tert-OH is 1. The van der Waals surface area contributed by atoms with Crippen LogP contribution < -0.4 is 0 Å². The number of aryl methyl sites for hydroxylation is 1. The molecule has 1 aliphatic carbocycles. The lowest BCUT2D eigenvalue weighted by atomic mass is 9.67. The van der Waals surface area contributed by atoms with Crippen LogP contribution in [0.2, 0.25) is 0 Å². The predicted molar refractivity (Wildman–Crippen MR) is 92.8 cm³/mol. The van der Waals surface area contributed by atoms with Crippen molar-refractivity contribution >= 4 is 23.5 Å². The van der Waals surface area contributed by atoms with Crippen LogP contribution in [0.15, 0.2) is 35.2 Å². The summed E-state index contributed by atoms with van der Waals surface area (Å²) >= 11 is 1.58. The van der Waals surface area contributed by atoms with Gasteiger partial charge in [-0.2, -0.15) is 0 Å². The molecule has 24 heavy (non-hydrogen) atoms. The second kappa shape index (κ2) is 7.38. The maximum absolute atomic E-state index is 12.1. The number of hydrogen-bond donors (Lipinski definition) is 1. The molecule has 0 radical (unpaired) electrons. The first kappa shape index (κ1) is 18.5. The lowest BCUT2D eigenvalue weighted by Gasteiger charge is -2.39. The van der Waals surface area contributed by atoms with Gasteiger partial charge in [-0.05, 0) is 29.9 Å². The summed E-state index contributed by atoms with van der Waals surface area (Å²) in [7, 11) is 1.29. The van der Waals surface area contributed by atoms with E-state index in [1.54, 1.807) is 11.8 Å². The van der Waals surface area contributed by atoms with E-state index in [4.69, 9.17) is 4.74 Å². The number of aromatic nitrogens is 1. The number of carbonyl (C=O) groups excluding carboxylic acids is 2. The summed E-state index contributed by atoms with van der Waals surface area (Å²) in [6.45, 7) is 5.98. The minimum Gasteiger partial charge on any atom is -0.511 e. The van der Waals surface area contributed by atoms with Gasteiger partial charge < -0.3 is 9.84 Å². The average molecular weight is 349 g/mol. The maximum Gasteiger partial charge on any atom is 0.316 e. The van der Waals surface area contributed by atoms with Crippen LogP contribution in [0.5, 0.6) is 0 Å². The van der Waals surface area contributed by atoms with Crippen molar-refractivity contribution in [3.8, 4) is 0 Å². The Balaban J connectivity index is 2.18. The fourth-order valence-electron chi connectivity index (χ4n) is 2.90. The number of ketones is 1. The Hall–Kier alpha value is -1.82. The lowest BCUT2D eigenvalue weighted by Crippen LogP contribution is -2.41. The molecule has 2 atom stereocenters. The number of hydrogen-bond acceptors (Lipinski definition) is 6. The van der Waals surface area contributed by atoms with E-state index in [1.807, 2.05) is 39.1 Å².